The first kappa shape index (κ1) is 12.5. The van der Waals surface area contributed by atoms with Crippen molar-refractivity contribution < 1.29 is 13.5 Å². The summed E-state index contributed by atoms with van der Waals surface area (Å²) in [5.41, 5.74) is 0.657. The number of halogens is 2. The van der Waals surface area contributed by atoms with Crippen LogP contribution in [0.4, 0.5) is 8.78 Å². The summed E-state index contributed by atoms with van der Waals surface area (Å²) in [6.07, 6.45) is 5.19. The second-order valence-electron chi connectivity index (χ2n) is 3.26. The van der Waals surface area contributed by atoms with E-state index in [9.17, 15) is 8.78 Å². The molecule has 0 saturated heterocycles. The van der Waals surface area contributed by atoms with Gasteiger partial charge in [0.1, 0.15) is 5.75 Å². The lowest BCUT2D eigenvalue weighted by Gasteiger charge is -2.12. The third kappa shape index (κ3) is 3.87. The maximum Gasteiger partial charge on any atom is 0.387 e. The molecule has 1 rings (SSSR count). The fraction of sp³-hybridized carbons (Fsp3) is 0.333. The molecule has 1 atom stereocenters. The molecule has 0 radical (unpaired) electrons. The Morgan fingerprint density at radius 1 is 1.44 bits per heavy atom. The Labute approximate surface area is 93.6 Å². The van der Waals surface area contributed by atoms with E-state index in [1.165, 1.54) is 6.07 Å². The molecule has 2 nitrogen and oxygen atoms in total. The van der Waals surface area contributed by atoms with Gasteiger partial charge in [-0.15, -0.1) is 6.42 Å². The number of hydrogen-bond donors (Lipinski definition) is 1. The third-order valence-electron chi connectivity index (χ3n) is 2.04. The molecule has 0 aliphatic rings. The quantitative estimate of drug-likeness (QED) is 0.777. The molecule has 86 valence electrons. The zero-order chi connectivity index (χ0) is 12.0. The van der Waals surface area contributed by atoms with Crippen LogP contribution in [0.1, 0.15) is 12.5 Å². The first-order valence-electron chi connectivity index (χ1n) is 4.85. The smallest absolute Gasteiger partial charge is 0.387 e. The van der Waals surface area contributed by atoms with E-state index in [1.807, 2.05) is 6.92 Å². The topological polar surface area (TPSA) is 21.3 Å². The molecule has 4 heteroatoms. The van der Waals surface area contributed by atoms with Gasteiger partial charge in [-0.3, -0.25) is 5.32 Å². The van der Waals surface area contributed by atoms with Crippen LogP contribution in [-0.2, 0) is 6.54 Å². The molecule has 0 aliphatic carbocycles. The van der Waals surface area contributed by atoms with Gasteiger partial charge in [0, 0.05) is 12.1 Å². The van der Waals surface area contributed by atoms with Gasteiger partial charge < -0.3 is 4.74 Å². The molecule has 1 aromatic rings. The van der Waals surface area contributed by atoms with E-state index in [2.05, 4.69) is 16.0 Å². The number of para-hydroxylation sites is 1. The molecule has 16 heavy (non-hydrogen) atoms. The highest BCUT2D eigenvalue weighted by Gasteiger charge is 2.09. The summed E-state index contributed by atoms with van der Waals surface area (Å²) < 4.78 is 28.6. The Bertz CT molecular complexity index is 374. The Morgan fingerprint density at radius 3 is 2.75 bits per heavy atom. The van der Waals surface area contributed by atoms with Gasteiger partial charge in [0.05, 0.1) is 6.04 Å². The zero-order valence-corrected chi connectivity index (χ0v) is 8.91. The first-order valence-corrected chi connectivity index (χ1v) is 4.85. The number of alkyl halides is 2. The average molecular weight is 225 g/mol. The Balaban J connectivity index is 2.68. The minimum Gasteiger partial charge on any atom is -0.434 e. The minimum absolute atomic E-state index is 0.111. The number of ether oxygens (including phenoxy) is 1. The molecular weight excluding hydrogens is 212 g/mol. The second kappa shape index (κ2) is 6.09. The predicted molar refractivity (Wildman–Crippen MR) is 58.2 cm³/mol. The van der Waals surface area contributed by atoms with Gasteiger partial charge in [-0.1, -0.05) is 24.1 Å². The summed E-state index contributed by atoms with van der Waals surface area (Å²) in [6, 6.07) is 6.51. The van der Waals surface area contributed by atoms with E-state index in [0.717, 1.165) is 0 Å². The van der Waals surface area contributed by atoms with Crippen LogP contribution >= 0.6 is 0 Å². The van der Waals surface area contributed by atoms with E-state index in [4.69, 9.17) is 6.42 Å². The van der Waals surface area contributed by atoms with E-state index >= 15 is 0 Å². The van der Waals surface area contributed by atoms with Crippen molar-refractivity contribution in [3.05, 3.63) is 29.8 Å². The van der Waals surface area contributed by atoms with Gasteiger partial charge in [-0.2, -0.15) is 8.78 Å². The molecule has 0 aliphatic heterocycles. The van der Waals surface area contributed by atoms with Crippen molar-refractivity contribution in [2.45, 2.75) is 26.1 Å². The van der Waals surface area contributed by atoms with E-state index in [-0.39, 0.29) is 11.8 Å². The minimum atomic E-state index is -2.81. The number of nitrogens with one attached hydrogen (secondary N) is 1. The monoisotopic (exact) mass is 225 g/mol. The van der Waals surface area contributed by atoms with Crippen molar-refractivity contribution in [3.8, 4) is 18.1 Å². The molecule has 1 unspecified atom stereocenters. The van der Waals surface area contributed by atoms with Crippen LogP contribution in [0.25, 0.3) is 0 Å². The second-order valence-corrected chi connectivity index (χ2v) is 3.26. The summed E-state index contributed by atoms with van der Waals surface area (Å²) in [7, 11) is 0. The summed E-state index contributed by atoms with van der Waals surface area (Å²) in [4.78, 5) is 0. The molecule has 0 saturated carbocycles. The molecule has 1 N–H and O–H groups in total. The van der Waals surface area contributed by atoms with E-state index in [1.54, 1.807) is 18.2 Å². The highest BCUT2D eigenvalue weighted by atomic mass is 19.3. The molecule has 0 fully saturated rings. The predicted octanol–water partition coefficient (Wildman–Crippen LogP) is 2.40. The average Bonchev–Trinajstić information content (AvgIpc) is 2.26. The number of benzene rings is 1. The van der Waals surface area contributed by atoms with E-state index < -0.39 is 6.61 Å². The number of rotatable bonds is 5. The van der Waals surface area contributed by atoms with Crippen LogP contribution < -0.4 is 10.1 Å². The lowest BCUT2D eigenvalue weighted by atomic mass is 10.2. The molecule has 0 amide bonds. The zero-order valence-electron chi connectivity index (χ0n) is 8.91. The summed E-state index contributed by atoms with van der Waals surface area (Å²) in [5.74, 6) is 2.67. The SMILES string of the molecule is C#CC(C)NCc1ccccc1OC(F)F. The molecule has 0 spiro atoms. The van der Waals surface area contributed by atoms with Gasteiger partial charge in [0.25, 0.3) is 0 Å². The Hall–Kier alpha value is -1.60. The van der Waals surface area contributed by atoms with Crippen molar-refractivity contribution in [1.82, 2.24) is 5.32 Å². The van der Waals surface area contributed by atoms with Gasteiger partial charge in [0.15, 0.2) is 0 Å². The van der Waals surface area contributed by atoms with Gasteiger partial charge in [-0.05, 0) is 13.0 Å². The van der Waals surface area contributed by atoms with Crippen molar-refractivity contribution in [2.24, 2.45) is 0 Å². The number of hydrogen-bond acceptors (Lipinski definition) is 2. The van der Waals surface area contributed by atoms with E-state index in [0.29, 0.717) is 12.1 Å². The Morgan fingerprint density at radius 2 is 2.12 bits per heavy atom. The molecule has 0 aromatic heterocycles. The van der Waals surface area contributed by atoms with Crippen LogP contribution in [0.3, 0.4) is 0 Å². The maximum absolute atomic E-state index is 12.1. The summed E-state index contributed by atoms with van der Waals surface area (Å²) in [5, 5.41) is 3.00. The fourth-order valence-corrected chi connectivity index (χ4v) is 1.18. The molecule has 0 heterocycles. The Kier molecular flexibility index (Phi) is 4.74. The molecular formula is C12H13F2NO. The normalized spacial score (nSPS) is 12.2. The van der Waals surface area contributed by atoms with Crippen molar-refractivity contribution in [1.29, 1.82) is 0 Å². The lowest BCUT2D eigenvalue weighted by Crippen LogP contribution is -2.24. The molecule has 0 bridgehead atoms. The van der Waals surface area contributed by atoms with Crippen LogP contribution in [0.5, 0.6) is 5.75 Å². The van der Waals surface area contributed by atoms with Crippen molar-refractivity contribution >= 4 is 0 Å². The van der Waals surface area contributed by atoms with Gasteiger partial charge >= 0.3 is 6.61 Å². The van der Waals surface area contributed by atoms with Crippen LogP contribution in [0.15, 0.2) is 24.3 Å². The largest absolute Gasteiger partial charge is 0.434 e. The van der Waals surface area contributed by atoms with Gasteiger partial charge in [0.2, 0.25) is 0 Å². The lowest BCUT2D eigenvalue weighted by molar-refractivity contribution is -0.0504. The van der Waals surface area contributed by atoms with Crippen molar-refractivity contribution in [2.75, 3.05) is 0 Å². The summed E-state index contributed by atoms with van der Waals surface area (Å²) in [6.45, 7) is -0.601. The highest BCUT2D eigenvalue weighted by molar-refractivity contribution is 5.33. The standard InChI is InChI=1S/C12H13F2NO/c1-3-9(2)15-8-10-6-4-5-7-11(10)16-12(13)14/h1,4-7,9,12,15H,8H2,2H3. The van der Waals surface area contributed by atoms with Crippen LogP contribution in [0.2, 0.25) is 0 Å². The third-order valence-corrected chi connectivity index (χ3v) is 2.04. The first-order chi connectivity index (χ1) is 7.63. The van der Waals surface area contributed by atoms with Crippen LogP contribution in [0, 0.1) is 12.3 Å². The maximum atomic E-state index is 12.1. The summed E-state index contributed by atoms with van der Waals surface area (Å²) >= 11 is 0. The van der Waals surface area contributed by atoms with Crippen LogP contribution in [-0.4, -0.2) is 12.7 Å². The highest BCUT2D eigenvalue weighted by Crippen LogP contribution is 2.19. The number of terminal acetylenes is 1. The van der Waals surface area contributed by atoms with Crippen molar-refractivity contribution in [3.63, 3.8) is 0 Å². The van der Waals surface area contributed by atoms with Gasteiger partial charge in [-0.25, -0.2) is 0 Å². The fourth-order valence-electron chi connectivity index (χ4n) is 1.18. The molecule has 1 aromatic carbocycles.